The summed E-state index contributed by atoms with van der Waals surface area (Å²) in [4.78, 5) is 11.3. The van der Waals surface area contributed by atoms with Gasteiger partial charge in [0.15, 0.2) is 0 Å². The van der Waals surface area contributed by atoms with E-state index in [1.165, 1.54) is 27.5 Å². The SMILES string of the molecule is CC(c1cccnc1)(c1c[nH]c2ccccc12)c1c[nH]c2ccccc12. The monoisotopic (exact) mass is 337 g/mol. The van der Waals surface area contributed by atoms with Crippen molar-refractivity contribution in [3.05, 3.63) is 102 Å². The summed E-state index contributed by atoms with van der Waals surface area (Å²) in [6.45, 7) is 2.29. The van der Waals surface area contributed by atoms with Gasteiger partial charge in [0.25, 0.3) is 0 Å². The zero-order valence-corrected chi connectivity index (χ0v) is 14.5. The van der Waals surface area contributed by atoms with Gasteiger partial charge in [0.1, 0.15) is 0 Å². The number of hydrogen-bond donors (Lipinski definition) is 2. The molecule has 2 N–H and O–H groups in total. The number of fused-ring (bicyclic) bond motifs is 2. The minimum absolute atomic E-state index is 0.326. The molecule has 3 nitrogen and oxygen atoms in total. The highest BCUT2D eigenvalue weighted by molar-refractivity contribution is 5.90. The van der Waals surface area contributed by atoms with Crippen molar-refractivity contribution in [2.45, 2.75) is 12.3 Å². The summed E-state index contributed by atoms with van der Waals surface area (Å²) in [5.41, 5.74) is 5.66. The number of aromatic amines is 2. The van der Waals surface area contributed by atoms with Gasteiger partial charge in [0.2, 0.25) is 0 Å². The van der Waals surface area contributed by atoms with Crippen molar-refractivity contribution < 1.29 is 0 Å². The van der Waals surface area contributed by atoms with Crippen molar-refractivity contribution in [3.8, 4) is 0 Å². The molecule has 0 unspecified atom stereocenters. The lowest BCUT2D eigenvalue weighted by atomic mass is 9.71. The molecular formula is C23H19N3. The van der Waals surface area contributed by atoms with E-state index in [-0.39, 0.29) is 5.41 Å². The van der Waals surface area contributed by atoms with Gasteiger partial charge >= 0.3 is 0 Å². The van der Waals surface area contributed by atoms with Gasteiger partial charge in [-0.2, -0.15) is 0 Å². The van der Waals surface area contributed by atoms with Crippen LogP contribution in [0.3, 0.4) is 0 Å². The summed E-state index contributed by atoms with van der Waals surface area (Å²) in [6.07, 6.45) is 8.08. The maximum Gasteiger partial charge on any atom is 0.0480 e. The summed E-state index contributed by atoms with van der Waals surface area (Å²) >= 11 is 0. The normalized spacial score (nSPS) is 12.0. The Labute approximate surface area is 151 Å². The summed E-state index contributed by atoms with van der Waals surface area (Å²) < 4.78 is 0. The van der Waals surface area contributed by atoms with Crippen LogP contribution >= 0.6 is 0 Å². The lowest BCUT2D eigenvalue weighted by molar-refractivity contribution is 0.701. The molecule has 0 fully saturated rings. The van der Waals surface area contributed by atoms with E-state index in [9.17, 15) is 0 Å². The second-order valence-corrected chi connectivity index (χ2v) is 6.86. The number of H-pyrrole nitrogens is 2. The molecule has 3 heteroatoms. The van der Waals surface area contributed by atoms with Crippen LogP contribution in [0.25, 0.3) is 21.8 Å². The average Bonchev–Trinajstić information content (AvgIpc) is 3.33. The van der Waals surface area contributed by atoms with Crippen LogP contribution in [-0.2, 0) is 5.41 Å². The number of nitrogens with zero attached hydrogens (tertiary/aromatic N) is 1. The third-order valence-electron chi connectivity index (χ3n) is 5.49. The zero-order chi connectivity index (χ0) is 17.6. The van der Waals surface area contributed by atoms with Crippen LogP contribution in [0.4, 0.5) is 0 Å². The predicted molar refractivity (Wildman–Crippen MR) is 106 cm³/mol. The fraction of sp³-hybridized carbons (Fsp3) is 0.0870. The van der Waals surface area contributed by atoms with Crippen LogP contribution < -0.4 is 0 Å². The van der Waals surface area contributed by atoms with E-state index >= 15 is 0 Å². The standard InChI is InChI=1S/C23H19N3/c1-23(16-7-6-12-24-13-16,19-14-25-21-10-4-2-8-17(19)21)20-15-26-22-11-5-3-9-18(20)22/h2-15,25-26H,1H3. The summed E-state index contributed by atoms with van der Waals surface area (Å²) in [5, 5.41) is 2.48. The van der Waals surface area contributed by atoms with Crippen LogP contribution in [0.1, 0.15) is 23.6 Å². The lowest BCUT2D eigenvalue weighted by Gasteiger charge is -2.30. The lowest BCUT2D eigenvalue weighted by Crippen LogP contribution is -2.25. The number of rotatable bonds is 3. The fourth-order valence-electron chi connectivity index (χ4n) is 4.09. The quantitative estimate of drug-likeness (QED) is 0.455. The highest BCUT2D eigenvalue weighted by atomic mass is 14.7. The van der Waals surface area contributed by atoms with E-state index in [4.69, 9.17) is 0 Å². The molecule has 5 aromatic rings. The second kappa shape index (κ2) is 5.60. The Morgan fingerprint density at radius 2 is 1.31 bits per heavy atom. The van der Waals surface area contributed by atoms with Gasteiger partial charge in [-0.15, -0.1) is 0 Å². The Morgan fingerprint density at radius 3 is 1.85 bits per heavy atom. The summed E-state index contributed by atoms with van der Waals surface area (Å²) in [7, 11) is 0. The Morgan fingerprint density at radius 1 is 0.731 bits per heavy atom. The number of nitrogens with one attached hydrogen (secondary N) is 2. The molecule has 0 bridgehead atoms. The first-order valence-electron chi connectivity index (χ1n) is 8.82. The van der Waals surface area contributed by atoms with E-state index in [0.29, 0.717) is 0 Å². The summed E-state index contributed by atoms with van der Waals surface area (Å²) in [6, 6.07) is 21.1. The molecule has 126 valence electrons. The van der Waals surface area contributed by atoms with Crippen molar-refractivity contribution in [2.75, 3.05) is 0 Å². The molecule has 0 saturated heterocycles. The van der Waals surface area contributed by atoms with Crippen LogP contribution in [0.2, 0.25) is 0 Å². The Balaban J connectivity index is 1.88. The molecule has 0 aliphatic heterocycles. The molecule has 3 heterocycles. The topological polar surface area (TPSA) is 44.5 Å². The molecule has 0 aliphatic carbocycles. The maximum atomic E-state index is 4.41. The molecule has 5 rings (SSSR count). The van der Waals surface area contributed by atoms with Crippen LogP contribution in [-0.4, -0.2) is 15.0 Å². The van der Waals surface area contributed by atoms with Crippen molar-refractivity contribution in [1.82, 2.24) is 15.0 Å². The zero-order valence-electron chi connectivity index (χ0n) is 14.5. The number of aromatic nitrogens is 3. The van der Waals surface area contributed by atoms with E-state index in [2.05, 4.69) is 88.9 Å². The molecule has 0 radical (unpaired) electrons. The van der Waals surface area contributed by atoms with Gasteiger partial charge in [-0.3, -0.25) is 4.98 Å². The van der Waals surface area contributed by atoms with E-state index < -0.39 is 0 Å². The molecule has 3 aromatic heterocycles. The fourth-order valence-corrected chi connectivity index (χ4v) is 4.09. The van der Waals surface area contributed by atoms with Crippen molar-refractivity contribution in [3.63, 3.8) is 0 Å². The second-order valence-electron chi connectivity index (χ2n) is 6.86. The molecule has 26 heavy (non-hydrogen) atoms. The van der Waals surface area contributed by atoms with E-state index in [1.54, 1.807) is 0 Å². The van der Waals surface area contributed by atoms with Crippen LogP contribution in [0.5, 0.6) is 0 Å². The van der Waals surface area contributed by atoms with Gasteiger partial charge in [0.05, 0.1) is 0 Å². The molecule has 0 amide bonds. The highest BCUT2D eigenvalue weighted by Gasteiger charge is 2.35. The van der Waals surface area contributed by atoms with Crippen molar-refractivity contribution in [2.24, 2.45) is 0 Å². The minimum Gasteiger partial charge on any atom is -0.361 e. The van der Waals surface area contributed by atoms with Crippen LogP contribution in [0.15, 0.2) is 85.5 Å². The van der Waals surface area contributed by atoms with Gasteiger partial charge < -0.3 is 9.97 Å². The number of pyridine rings is 1. The molecule has 0 atom stereocenters. The highest BCUT2D eigenvalue weighted by Crippen LogP contribution is 2.44. The first kappa shape index (κ1) is 15.0. The van der Waals surface area contributed by atoms with Crippen LogP contribution in [0, 0.1) is 0 Å². The Bertz CT molecular complexity index is 1120. The molecule has 0 aliphatic rings. The molecule has 0 saturated carbocycles. The Kier molecular flexibility index (Phi) is 3.22. The number of hydrogen-bond acceptors (Lipinski definition) is 1. The smallest absolute Gasteiger partial charge is 0.0480 e. The van der Waals surface area contributed by atoms with Gasteiger partial charge in [-0.1, -0.05) is 42.5 Å². The van der Waals surface area contributed by atoms with Crippen molar-refractivity contribution in [1.29, 1.82) is 0 Å². The maximum absolute atomic E-state index is 4.41. The largest absolute Gasteiger partial charge is 0.361 e. The molecular weight excluding hydrogens is 318 g/mol. The van der Waals surface area contributed by atoms with E-state index in [0.717, 1.165) is 11.0 Å². The number of benzene rings is 2. The first-order chi connectivity index (χ1) is 12.8. The third kappa shape index (κ3) is 2.04. The predicted octanol–water partition coefficient (Wildman–Crippen LogP) is 5.40. The minimum atomic E-state index is -0.326. The third-order valence-corrected chi connectivity index (χ3v) is 5.49. The Hall–Kier alpha value is -3.33. The first-order valence-corrected chi connectivity index (χ1v) is 8.82. The van der Waals surface area contributed by atoms with Gasteiger partial charge in [0, 0.05) is 52.0 Å². The van der Waals surface area contributed by atoms with E-state index in [1.807, 2.05) is 18.5 Å². The molecule has 0 spiro atoms. The molecule has 2 aromatic carbocycles. The van der Waals surface area contributed by atoms with Gasteiger partial charge in [-0.25, -0.2) is 0 Å². The van der Waals surface area contributed by atoms with Gasteiger partial charge in [-0.05, 0) is 41.8 Å². The number of para-hydroxylation sites is 2. The van der Waals surface area contributed by atoms with Crippen molar-refractivity contribution >= 4 is 21.8 Å². The summed E-state index contributed by atoms with van der Waals surface area (Å²) in [5.74, 6) is 0. The average molecular weight is 337 g/mol.